The van der Waals surface area contributed by atoms with E-state index in [0.717, 1.165) is 0 Å². The molecule has 1 aromatic carbocycles. The van der Waals surface area contributed by atoms with Gasteiger partial charge in [-0.3, -0.25) is 19.1 Å². The van der Waals surface area contributed by atoms with Crippen molar-refractivity contribution in [3.05, 3.63) is 30.4 Å². The molecule has 17 nitrogen and oxygen atoms in total. The van der Waals surface area contributed by atoms with Crippen LogP contribution < -0.4 is 29.6 Å². The molecule has 58 heavy (non-hydrogen) atoms. The molecule has 18 heteroatoms. The molecule has 0 spiro atoms. The number of amides is 4. The highest BCUT2D eigenvalue weighted by molar-refractivity contribution is 7.91. The molecule has 2 aliphatic carbocycles. The zero-order valence-electron chi connectivity index (χ0n) is 34.5. The lowest BCUT2D eigenvalue weighted by Crippen LogP contribution is -2.60. The third kappa shape index (κ3) is 9.12. The van der Waals surface area contributed by atoms with Gasteiger partial charge in [0.1, 0.15) is 40.5 Å². The summed E-state index contributed by atoms with van der Waals surface area (Å²) in [6, 6.07) is 2.76. The summed E-state index contributed by atoms with van der Waals surface area (Å²) in [4.78, 5) is 67.3. The van der Waals surface area contributed by atoms with Crippen LogP contribution in [-0.2, 0) is 33.9 Å². The predicted molar refractivity (Wildman–Crippen MR) is 212 cm³/mol. The molecule has 0 bridgehead atoms. The highest BCUT2D eigenvalue weighted by Crippen LogP contribution is 2.47. The van der Waals surface area contributed by atoms with Crippen LogP contribution in [-0.4, -0.2) is 116 Å². The summed E-state index contributed by atoms with van der Waals surface area (Å²) in [5.74, 6) is -2.39. The van der Waals surface area contributed by atoms with Crippen LogP contribution in [0.1, 0.15) is 79.6 Å². The van der Waals surface area contributed by atoms with Crippen molar-refractivity contribution in [2.45, 2.75) is 114 Å². The number of methoxy groups -OCH3 is 3. The number of hydrogen-bond acceptors (Lipinski definition) is 13. The number of carbonyl (C=O) groups excluding carboxylic acids is 4. The Bertz CT molecular complexity index is 2050. The molecule has 318 valence electrons. The number of nitrogens with zero attached hydrogens (tertiary/aromatic N) is 3. The van der Waals surface area contributed by atoms with Gasteiger partial charge in [-0.15, -0.1) is 0 Å². The molecule has 7 unspecified atom stereocenters. The standard InChI is InChI=1S/C40H56N6O11S/c1-23-12-9-10-13-25-20-40(25,35(49)45-58(51,52)39(5)16-17-39)44-32(47)28-19-26(56-36-41-27-14-11-15-29(54-7)30(27)33(43-36)55-8)21-46(28)34(48)31(24(18-23)22-53-6)42-37(50)57-38(2,3)4/h10-11,13-15,23-26,28,31H,9,12,16-22H2,1-8H3,(H,42,50)(H,44,47)(H,45,49). The van der Waals surface area contributed by atoms with Crippen LogP contribution in [0.3, 0.4) is 0 Å². The lowest BCUT2D eigenvalue weighted by atomic mass is 9.87. The molecule has 1 aromatic heterocycles. The molecule has 3 N–H and O–H groups in total. The maximum atomic E-state index is 15.0. The van der Waals surface area contributed by atoms with Crippen molar-refractivity contribution >= 4 is 44.7 Å². The fraction of sp³-hybridized carbons (Fsp3) is 0.650. The second kappa shape index (κ2) is 16.5. The molecule has 2 saturated carbocycles. The van der Waals surface area contributed by atoms with Crippen molar-refractivity contribution in [2.24, 2.45) is 17.8 Å². The monoisotopic (exact) mass is 828 g/mol. The second-order valence-electron chi connectivity index (χ2n) is 17.2. The fourth-order valence-corrected chi connectivity index (χ4v) is 9.16. The van der Waals surface area contributed by atoms with Gasteiger partial charge < -0.3 is 39.2 Å². The SMILES string of the molecule is COCC1CC(C)CCC=CC2CC2(C(=O)NS(=O)(=O)C2(C)CC2)NC(=O)C2CC(Oc3nc(OC)c4c(OC)cccc4n3)CN2C(=O)C1NC(=O)OC(C)(C)C. The molecular formula is C40H56N6O11S. The average Bonchev–Trinajstić information content (AvgIpc) is 4.03. The first kappa shape index (κ1) is 42.9. The Kier molecular flexibility index (Phi) is 12.2. The fourth-order valence-electron chi connectivity index (χ4n) is 7.84. The van der Waals surface area contributed by atoms with Crippen molar-refractivity contribution in [3.63, 3.8) is 0 Å². The van der Waals surface area contributed by atoms with Gasteiger partial charge in [-0.25, -0.2) is 13.2 Å². The highest BCUT2D eigenvalue weighted by Gasteiger charge is 2.63. The minimum absolute atomic E-state index is 0.0571. The Morgan fingerprint density at radius 2 is 1.81 bits per heavy atom. The van der Waals surface area contributed by atoms with Gasteiger partial charge in [0.2, 0.25) is 27.7 Å². The maximum Gasteiger partial charge on any atom is 0.408 e. The molecule has 1 saturated heterocycles. The van der Waals surface area contributed by atoms with Crippen LogP contribution in [0.15, 0.2) is 30.4 Å². The number of sulfonamides is 1. The van der Waals surface area contributed by atoms with Gasteiger partial charge in [0.15, 0.2) is 0 Å². The van der Waals surface area contributed by atoms with Crippen LogP contribution in [0.4, 0.5) is 4.79 Å². The van der Waals surface area contributed by atoms with E-state index in [1.807, 2.05) is 19.1 Å². The zero-order chi connectivity index (χ0) is 42.2. The van der Waals surface area contributed by atoms with Crippen LogP contribution in [0.2, 0.25) is 0 Å². The van der Waals surface area contributed by atoms with Crippen LogP contribution in [0, 0.1) is 17.8 Å². The summed E-state index contributed by atoms with van der Waals surface area (Å²) >= 11 is 0. The lowest BCUT2D eigenvalue weighted by Gasteiger charge is -2.34. The van der Waals surface area contributed by atoms with Crippen molar-refractivity contribution in [3.8, 4) is 17.6 Å². The summed E-state index contributed by atoms with van der Waals surface area (Å²) < 4.78 is 56.2. The average molecular weight is 829 g/mol. The maximum absolute atomic E-state index is 15.0. The van der Waals surface area contributed by atoms with E-state index in [1.165, 1.54) is 26.2 Å². The molecule has 3 heterocycles. The van der Waals surface area contributed by atoms with E-state index in [4.69, 9.17) is 23.7 Å². The minimum atomic E-state index is -4.03. The molecule has 3 fully saturated rings. The van der Waals surface area contributed by atoms with E-state index in [-0.39, 0.29) is 43.8 Å². The molecule has 0 radical (unpaired) electrons. The Labute approximate surface area is 339 Å². The summed E-state index contributed by atoms with van der Waals surface area (Å²) in [6.45, 7) is 8.74. The number of carbonyl (C=O) groups is 4. The quantitative estimate of drug-likeness (QED) is 0.294. The Balaban J connectivity index is 1.38. The topological polar surface area (TPSA) is 214 Å². The first-order valence-electron chi connectivity index (χ1n) is 19.7. The van der Waals surface area contributed by atoms with Crippen molar-refractivity contribution in [1.29, 1.82) is 0 Å². The number of nitrogens with one attached hydrogen (secondary N) is 3. The van der Waals surface area contributed by atoms with Crippen molar-refractivity contribution < 1.29 is 51.3 Å². The number of fused-ring (bicyclic) bond motifs is 3. The van der Waals surface area contributed by atoms with E-state index >= 15 is 0 Å². The van der Waals surface area contributed by atoms with Gasteiger partial charge in [-0.2, -0.15) is 9.97 Å². The van der Waals surface area contributed by atoms with E-state index in [1.54, 1.807) is 45.9 Å². The van der Waals surface area contributed by atoms with E-state index < -0.39 is 79.7 Å². The summed E-state index contributed by atoms with van der Waals surface area (Å²) in [7, 11) is 0.450. The predicted octanol–water partition coefficient (Wildman–Crippen LogP) is 3.40. The Morgan fingerprint density at radius 1 is 1.07 bits per heavy atom. The van der Waals surface area contributed by atoms with E-state index in [2.05, 4.69) is 25.3 Å². The number of rotatable bonds is 10. The molecule has 4 aliphatic rings. The molecule has 2 aliphatic heterocycles. The number of allylic oxidation sites excluding steroid dienone is 1. The zero-order valence-corrected chi connectivity index (χ0v) is 35.3. The van der Waals surface area contributed by atoms with Crippen LogP contribution in [0.25, 0.3) is 10.9 Å². The first-order valence-corrected chi connectivity index (χ1v) is 21.2. The third-order valence-electron chi connectivity index (χ3n) is 11.5. The summed E-state index contributed by atoms with van der Waals surface area (Å²) in [6.07, 6.45) is 4.88. The summed E-state index contributed by atoms with van der Waals surface area (Å²) in [5.41, 5.74) is -1.98. The van der Waals surface area contributed by atoms with Gasteiger partial charge in [0.05, 0.1) is 37.6 Å². The Morgan fingerprint density at radius 3 is 2.47 bits per heavy atom. The molecule has 4 amide bonds. The minimum Gasteiger partial charge on any atom is -0.496 e. The van der Waals surface area contributed by atoms with Gasteiger partial charge in [-0.05, 0) is 84.3 Å². The van der Waals surface area contributed by atoms with Crippen LogP contribution in [0.5, 0.6) is 17.6 Å². The van der Waals surface area contributed by atoms with Crippen molar-refractivity contribution in [2.75, 3.05) is 34.5 Å². The highest BCUT2D eigenvalue weighted by atomic mass is 32.2. The smallest absolute Gasteiger partial charge is 0.408 e. The molecular weight excluding hydrogens is 773 g/mol. The number of ether oxygens (including phenoxy) is 5. The van der Waals surface area contributed by atoms with E-state index in [9.17, 15) is 27.6 Å². The van der Waals surface area contributed by atoms with Gasteiger partial charge in [-0.1, -0.05) is 25.1 Å². The van der Waals surface area contributed by atoms with Crippen molar-refractivity contribution in [1.82, 2.24) is 30.2 Å². The number of hydrogen-bond donors (Lipinski definition) is 3. The van der Waals surface area contributed by atoms with Crippen LogP contribution >= 0.6 is 0 Å². The van der Waals surface area contributed by atoms with Gasteiger partial charge in [0, 0.05) is 25.4 Å². The van der Waals surface area contributed by atoms with Gasteiger partial charge in [0.25, 0.3) is 5.91 Å². The number of alkyl carbamates (subject to hydrolysis) is 1. The first-order chi connectivity index (χ1) is 27.3. The normalized spacial score (nSPS) is 28.5. The lowest BCUT2D eigenvalue weighted by molar-refractivity contribution is -0.142. The Hall–Kier alpha value is -4.71. The largest absolute Gasteiger partial charge is 0.496 e. The number of benzene rings is 1. The van der Waals surface area contributed by atoms with Gasteiger partial charge >= 0.3 is 12.1 Å². The number of aromatic nitrogens is 2. The third-order valence-corrected chi connectivity index (χ3v) is 13.6. The second-order valence-corrected chi connectivity index (χ2v) is 19.4. The summed E-state index contributed by atoms with van der Waals surface area (Å²) in [5, 5.41) is 6.20. The molecule has 2 aromatic rings. The molecule has 7 atom stereocenters. The molecule has 6 rings (SSSR count). The van der Waals surface area contributed by atoms with E-state index in [0.29, 0.717) is 48.8 Å².